The molecule has 0 bridgehead atoms. The minimum atomic E-state index is 0.173. The quantitative estimate of drug-likeness (QED) is 0.609. The molecule has 0 radical (unpaired) electrons. The van der Waals surface area contributed by atoms with Gasteiger partial charge in [-0.25, -0.2) is 0 Å². The van der Waals surface area contributed by atoms with Crippen molar-refractivity contribution in [2.45, 2.75) is 53.5 Å². The summed E-state index contributed by atoms with van der Waals surface area (Å²) in [6, 6.07) is 0.173. The van der Waals surface area contributed by atoms with E-state index in [1.54, 1.807) is 0 Å². The molecular formula is C10H22NO-. The molecule has 0 rings (SSSR count). The molecule has 0 fully saturated rings. The van der Waals surface area contributed by atoms with Gasteiger partial charge in [0, 0.05) is 0 Å². The van der Waals surface area contributed by atoms with Crippen LogP contribution in [0.4, 0.5) is 0 Å². The Morgan fingerprint density at radius 2 is 1.83 bits per heavy atom. The Kier molecular flexibility index (Phi) is 4.80. The number of rotatable bonds is 4. The summed E-state index contributed by atoms with van der Waals surface area (Å²) in [7, 11) is 0. The number of hydrogen-bond donors (Lipinski definition) is 0. The monoisotopic (exact) mass is 172 g/mol. The van der Waals surface area contributed by atoms with Gasteiger partial charge in [-0.1, -0.05) is 34.6 Å². The largest absolute Gasteiger partial charge is 0.785 e. The average Bonchev–Trinajstić information content (AvgIpc) is 1.97. The van der Waals surface area contributed by atoms with Crippen molar-refractivity contribution in [3.63, 3.8) is 0 Å². The number of nitrogens with zero attached hydrogens (tertiary/aromatic N) is 1. The van der Waals surface area contributed by atoms with E-state index in [2.05, 4.69) is 20.8 Å². The van der Waals surface area contributed by atoms with E-state index in [0.717, 1.165) is 12.8 Å². The molecule has 0 spiro atoms. The molecule has 0 amide bonds. The van der Waals surface area contributed by atoms with E-state index in [9.17, 15) is 5.21 Å². The van der Waals surface area contributed by atoms with Gasteiger partial charge in [0.25, 0.3) is 0 Å². The van der Waals surface area contributed by atoms with Crippen molar-refractivity contribution < 1.29 is 0 Å². The Balaban J connectivity index is 3.64. The van der Waals surface area contributed by atoms with Crippen molar-refractivity contribution in [3.8, 4) is 0 Å². The summed E-state index contributed by atoms with van der Waals surface area (Å²) in [5, 5.41) is 12.5. The molecule has 2 heteroatoms. The third kappa shape index (κ3) is 5.56. The summed E-state index contributed by atoms with van der Waals surface area (Å²) < 4.78 is 0. The van der Waals surface area contributed by atoms with Crippen molar-refractivity contribution in [1.82, 2.24) is 5.06 Å². The maximum atomic E-state index is 11.3. The Morgan fingerprint density at radius 1 is 1.33 bits per heavy atom. The molecule has 0 aromatic rings. The number of hydroxylamine groups is 2. The average molecular weight is 172 g/mol. The molecule has 12 heavy (non-hydrogen) atoms. The van der Waals surface area contributed by atoms with Crippen LogP contribution >= 0.6 is 0 Å². The fraction of sp³-hybridized carbons (Fsp3) is 1.00. The highest BCUT2D eigenvalue weighted by molar-refractivity contribution is 4.70. The molecular weight excluding hydrogens is 150 g/mol. The van der Waals surface area contributed by atoms with Crippen LogP contribution in [0.25, 0.3) is 0 Å². The van der Waals surface area contributed by atoms with Gasteiger partial charge < -0.3 is 10.3 Å². The molecule has 0 saturated carbocycles. The smallest absolute Gasteiger partial charge is 0.00577 e. The predicted molar refractivity (Wildman–Crippen MR) is 53.9 cm³/mol. The van der Waals surface area contributed by atoms with Crippen molar-refractivity contribution >= 4 is 0 Å². The Labute approximate surface area is 76.5 Å². The molecule has 0 heterocycles. The standard InChI is InChI=1S/C10H22NO/c1-6-9(2)11(12)8-7-10(3,4)5/h9H,6-8H2,1-5H3/q-1. The maximum absolute atomic E-state index is 11.3. The molecule has 0 aromatic carbocycles. The fourth-order valence-corrected chi connectivity index (χ4v) is 0.870. The SMILES string of the molecule is CCC(C)N([O-])CCC(C)(C)C. The second kappa shape index (κ2) is 4.83. The van der Waals surface area contributed by atoms with Gasteiger partial charge in [0.05, 0.1) is 0 Å². The van der Waals surface area contributed by atoms with Crippen LogP contribution in [-0.2, 0) is 0 Å². The van der Waals surface area contributed by atoms with E-state index in [4.69, 9.17) is 0 Å². The van der Waals surface area contributed by atoms with Crippen LogP contribution in [0.5, 0.6) is 0 Å². The van der Waals surface area contributed by atoms with Crippen LogP contribution in [0.1, 0.15) is 47.5 Å². The van der Waals surface area contributed by atoms with Gasteiger partial charge in [-0.3, -0.25) is 0 Å². The van der Waals surface area contributed by atoms with Crippen LogP contribution < -0.4 is 0 Å². The van der Waals surface area contributed by atoms with Crippen molar-refractivity contribution in [2.24, 2.45) is 5.41 Å². The Morgan fingerprint density at radius 3 is 2.17 bits per heavy atom. The van der Waals surface area contributed by atoms with Crippen LogP contribution in [0.3, 0.4) is 0 Å². The molecule has 0 aromatic heterocycles. The minimum absolute atomic E-state index is 0.173. The summed E-state index contributed by atoms with van der Waals surface area (Å²) in [4.78, 5) is 0. The summed E-state index contributed by atoms with van der Waals surface area (Å²) in [5.74, 6) is 0. The van der Waals surface area contributed by atoms with E-state index in [-0.39, 0.29) is 11.5 Å². The van der Waals surface area contributed by atoms with E-state index >= 15 is 0 Å². The van der Waals surface area contributed by atoms with Gasteiger partial charge in [-0.2, -0.15) is 0 Å². The molecule has 0 saturated heterocycles. The first-order chi connectivity index (χ1) is 5.37. The van der Waals surface area contributed by atoms with Crippen molar-refractivity contribution in [2.75, 3.05) is 6.54 Å². The van der Waals surface area contributed by atoms with Crippen molar-refractivity contribution in [3.05, 3.63) is 5.21 Å². The van der Waals surface area contributed by atoms with Gasteiger partial charge >= 0.3 is 0 Å². The highest BCUT2D eigenvalue weighted by Crippen LogP contribution is 2.19. The molecule has 0 aliphatic rings. The van der Waals surface area contributed by atoms with Gasteiger partial charge in [0.1, 0.15) is 0 Å². The second-order valence-electron chi connectivity index (χ2n) is 4.71. The number of hydrogen-bond acceptors (Lipinski definition) is 2. The minimum Gasteiger partial charge on any atom is -0.785 e. The van der Waals surface area contributed by atoms with E-state index in [1.807, 2.05) is 13.8 Å². The maximum Gasteiger partial charge on any atom is -0.00577 e. The summed E-state index contributed by atoms with van der Waals surface area (Å²) >= 11 is 0. The Bertz CT molecular complexity index is 117. The Hall–Kier alpha value is -0.0800. The molecule has 2 nitrogen and oxygen atoms in total. The zero-order valence-electron chi connectivity index (χ0n) is 9.05. The third-order valence-electron chi connectivity index (χ3n) is 2.16. The van der Waals surface area contributed by atoms with E-state index < -0.39 is 0 Å². The van der Waals surface area contributed by atoms with Gasteiger partial charge in [0.2, 0.25) is 0 Å². The summed E-state index contributed by atoms with van der Waals surface area (Å²) in [6.07, 6.45) is 1.91. The fourth-order valence-electron chi connectivity index (χ4n) is 0.870. The lowest BCUT2D eigenvalue weighted by molar-refractivity contribution is 0.239. The molecule has 0 N–H and O–H groups in total. The van der Waals surface area contributed by atoms with Gasteiger partial charge in [0.15, 0.2) is 0 Å². The lowest BCUT2D eigenvalue weighted by Crippen LogP contribution is -2.29. The second-order valence-corrected chi connectivity index (χ2v) is 4.71. The van der Waals surface area contributed by atoms with E-state index in [0.29, 0.717) is 6.54 Å². The van der Waals surface area contributed by atoms with Crippen molar-refractivity contribution in [1.29, 1.82) is 0 Å². The molecule has 0 aliphatic heterocycles. The predicted octanol–water partition coefficient (Wildman–Crippen LogP) is 3.02. The van der Waals surface area contributed by atoms with Crippen LogP contribution in [0, 0.1) is 10.6 Å². The molecule has 0 aliphatic carbocycles. The normalized spacial score (nSPS) is 15.2. The topological polar surface area (TPSA) is 26.3 Å². The van der Waals surface area contributed by atoms with Crippen LogP contribution in [0.15, 0.2) is 0 Å². The lowest BCUT2D eigenvalue weighted by atomic mass is 9.92. The first-order valence-electron chi connectivity index (χ1n) is 4.80. The van der Waals surface area contributed by atoms with Gasteiger partial charge in [-0.15, -0.1) is 0 Å². The molecule has 74 valence electrons. The first kappa shape index (κ1) is 11.9. The van der Waals surface area contributed by atoms with Crippen LogP contribution in [-0.4, -0.2) is 17.6 Å². The van der Waals surface area contributed by atoms with Crippen LogP contribution in [0.2, 0.25) is 0 Å². The first-order valence-corrected chi connectivity index (χ1v) is 4.80. The molecule has 1 atom stereocenters. The highest BCUT2D eigenvalue weighted by atomic mass is 16.5. The zero-order valence-corrected chi connectivity index (χ0v) is 9.05. The lowest BCUT2D eigenvalue weighted by Gasteiger charge is -2.36. The summed E-state index contributed by atoms with van der Waals surface area (Å²) in [5.41, 5.74) is 0.274. The van der Waals surface area contributed by atoms with E-state index in [1.165, 1.54) is 5.06 Å². The highest BCUT2D eigenvalue weighted by Gasteiger charge is 2.10. The molecule has 1 unspecified atom stereocenters. The third-order valence-corrected chi connectivity index (χ3v) is 2.16. The van der Waals surface area contributed by atoms with Gasteiger partial charge in [-0.05, 0) is 30.8 Å². The zero-order chi connectivity index (χ0) is 9.78. The summed E-state index contributed by atoms with van der Waals surface area (Å²) in [6.45, 7) is 11.2.